The normalized spacial score (nSPS) is 10.5. The summed E-state index contributed by atoms with van der Waals surface area (Å²) >= 11 is 0. The Kier molecular flexibility index (Phi) is 2.00. The van der Waals surface area contributed by atoms with Crippen molar-refractivity contribution in [3.63, 3.8) is 0 Å². The fraction of sp³-hybridized carbons (Fsp3) is 0. The highest BCUT2D eigenvalue weighted by molar-refractivity contribution is 5.61. The number of hydrogen-bond donors (Lipinski definition) is 2. The van der Waals surface area contributed by atoms with E-state index in [9.17, 15) is 8.78 Å². The Bertz CT molecular complexity index is 511. The molecule has 2 rings (SSSR count). The first-order chi connectivity index (χ1) is 7.08. The van der Waals surface area contributed by atoms with E-state index in [0.29, 0.717) is 6.07 Å². The fourth-order valence-corrected chi connectivity index (χ4v) is 1.07. The summed E-state index contributed by atoms with van der Waals surface area (Å²) < 4.78 is 30.7. The zero-order valence-electron chi connectivity index (χ0n) is 7.37. The highest BCUT2D eigenvalue weighted by Crippen LogP contribution is 2.25. The van der Waals surface area contributed by atoms with Crippen LogP contribution in [0.1, 0.15) is 0 Å². The Labute approximate surface area is 82.7 Å². The molecule has 7 heteroatoms. The first-order valence-electron chi connectivity index (χ1n) is 3.92. The van der Waals surface area contributed by atoms with Crippen molar-refractivity contribution in [2.75, 3.05) is 11.5 Å². The third-order valence-electron chi connectivity index (χ3n) is 1.76. The number of hydrogen-bond acceptors (Lipinski definition) is 5. The minimum atomic E-state index is -0.844. The fourth-order valence-electron chi connectivity index (χ4n) is 1.07. The van der Waals surface area contributed by atoms with E-state index < -0.39 is 11.6 Å². The van der Waals surface area contributed by atoms with Crippen molar-refractivity contribution >= 4 is 11.6 Å². The molecule has 0 radical (unpaired) electrons. The molecule has 0 atom stereocenters. The molecule has 0 unspecified atom stereocenters. The second kappa shape index (κ2) is 3.19. The molecule has 0 saturated carbocycles. The van der Waals surface area contributed by atoms with E-state index in [1.807, 2.05) is 0 Å². The summed E-state index contributed by atoms with van der Waals surface area (Å²) in [6.07, 6.45) is 0. The Hall–Kier alpha value is -2.18. The number of nitrogen functional groups attached to an aromatic ring is 2. The van der Waals surface area contributed by atoms with Gasteiger partial charge in [-0.3, -0.25) is 0 Å². The monoisotopic (exact) mass is 212 g/mol. The molecule has 0 amide bonds. The highest BCUT2D eigenvalue weighted by Gasteiger charge is 2.14. The zero-order valence-corrected chi connectivity index (χ0v) is 7.37. The number of benzene rings is 1. The lowest BCUT2D eigenvalue weighted by atomic mass is 10.2. The van der Waals surface area contributed by atoms with E-state index in [0.717, 1.165) is 6.07 Å². The first kappa shape index (κ1) is 9.38. The Morgan fingerprint density at radius 1 is 1.13 bits per heavy atom. The van der Waals surface area contributed by atoms with Crippen molar-refractivity contribution in [3.05, 3.63) is 23.8 Å². The maximum atomic E-state index is 13.3. The van der Waals surface area contributed by atoms with Gasteiger partial charge in [-0.05, 0) is 11.2 Å². The van der Waals surface area contributed by atoms with Crippen LogP contribution < -0.4 is 11.5 Å². The molecule has 0 aliphatic heterocycles. The second-order valence-corrected chi connectivity index (χ2v) is 2.81. The van der Waals surface area contributed by atoms with Crippen molar-refractivity contribution in [1.29, 1.82) is 0 Å². The zero-order chi connectivity index (χ0) is 11.0. The van der Waals surface area contributed by atoms with Crippen molar-refractivity contribution in [3.8, 4) is 11.5 Å². The van der Waals surface area contributed by atoms with Gasteiger partial charge in [0, 0.05) is 6.07 Å². The van der Waals surface area contributed by atoms with E-state index >= 15 is 0 Å². The van der Waals surface area contributed by atoms with E-state index in [4.69, 9.17) is 11.5 Å². The summed E-state index contributed by atoms with van der Waals surface area (Å²) in [4.78, 5) is 3.59. The molecule has 78 valence electrons. The van der Waals surface area contributed by atoms with Gasteiger partial charge in [0.25, 0.3) is 11.8 Å². The minimum absolute atomic E-state index is 0.0851. The molecule has 1 aromatic heterocycles. The van der Waals surface area contributed by atoms with Gasteiger partial charge in [-0.2, -0.15) is 4.98 Å². The van der Waals surface area contributed by atoms with Crippen LogP contribution in [0.25, 0.3) is 11.5 Å². The Balaban J connectivity index is 2.58. The smallest absolute Gasteiger partial charge is 0.262 e. The highest BCUT2D eigenvalue weighted by atomic mass is 19.1. The molecule has 0 spiro atoms. The molecule has 2 aromatic rings. The topological polar surface area (TPSA) is 91.0 Å². The SMILES string of the molecule is Nc1noc(-c2cc(N)c(F)cc2F)n1. The van der Waals surface area contributed by atoms with Gasteiger partial charge in [-0.15, -0.1) is 0 Å². The summed E-state index contributed by atoms with van der Waals surface area (Å²) in [6, 6.07) is 1.71. The maximum absolute atomic E-state index is 13.3. The Morgan fingerprint density at radius 3 is 2.47 bits per heavy atom. The summed E-state index contributed by atoms with van der Waals surface area (Å²) in [5.41, 5.74) is 10.2. The lowest BCUT2D eigenvalue weighted by Gasteiger charge is -2.00. The number of nitrogens with two attached hydrogens (primary N) is 2. The quantitative estimate of drug-likeness (QED) is 0.692. The van der Waals surface area contributed by atoms with Gasteiger partial charge in [0.2, 0.25) is 0 Å². The van der Waals surface area contributed by atoms with Gasteiger partial charge < -0.3 is 16.0 Å². The molecular formula is C8H6F2N4O. The molecule has 4 N–H and O–H groups in total. The predicted octanol–water partition coefficient (Wildman–Crippen LogP) is 1.18. The third-order valence-corrected chi connectivity index (χ3v) is 1.76. The predicted molar refractivity (Wildman–Crippen MR) is 48.5 cm³/mol. The Morgan fingerprint density at radius 2 is 1.87 bits per heavy atom. The molecule has 15 heavy (non-hydrogen) atoms. The third kappa shape index (κ3) is 1.58. The number of halogens is 2. The van der Waals surface area contributed by atoms with Gasteiger partial charge in [-0.1, -0.05) is 0 Å². The molecule has 5 nitrogen and oxygen atoms in total. The van der Waals surface area contributed by atoms with Gasteiger partial charge in [-0.25, -0.2) is 8.78 Å². The van der Waals surface area contributed by atoms with Crippen LogP contribution in [0.5, 0.6) is 0 Å². The van der Waals surface area contributed by atoms with Crippen LogP contribution in [-0.2, 0) is 0 Å². The number of nitrogens with zero attached hydrogens (tertiary/aromatic N) is 2. The number of rotatable bonds is 1. The molecule has 0 aliphatic carbocycles. The maximum Gasteiger partial charge on any atom is 0.262 e. The molecular weight excluding hydrogens is 206 g/mol. The summed E-state index contributed by atoms with van der Waals surface area (Å²) in [5.74, 6) is -1.96. The standard InChI is InChI=1S/C8H6F2N4O/c9-4-2-5(10)6(11)1-3(4)7-13-8(12)14-15-7/h1-2H,11H2,(H2,12,14). The summed E-state index contributed by atoms with van der Waals surface area (Å²) in [7, 11) is 0. The lowest BCUT2D eigenvalue weighted by Crippen LogP contribution is -1.95. The van der Waals surface area contributed by atoms with Gasteiger partial charge in [0.1, 0.15) is 11.6 Å². The van der Waals surface area contributed by atoms with E-state index in [1.54, 1.807) is 0 Å². The van der Waals surface area contributed by atoms with Crippen LogP contribution in [0.3, 0.4) is 0 Å². The van der Waals surface area contributed by atoms with E-state index in [1.165, 1.54) is 0 Å². The summed E-state index contributed by atoms with van der Waals surface area (Å²) in [5, 5.41) is 3.28. The van der Waals surface area contributed by atoms with Gasteiger partial charge in [0.05, 0.1) is 11.3 Å². The molecule has 0 bridgehead atoms. The molecule has 0 saturated heterocycles. The van der Waals surface area contributed by atoms with Crippen LogP contribution in [-0.4, -0.2) is 10.1 Å². The molecule has 1 aromatic carbocycles. The first-order valence-corrected chi connectivity index (χ1v) is 3.92. The minimum Gasteiger partial charge on any atom is -0.396 e. The second-order valence-electron chi connectivity index (χ2n) is 2.81. The van der Waals surface area contributed by atoms with Gasteiger partial charge >= 0.3 is 0 Å². The summed E-state index contributed by atoms with van der Waals surface area (Å²) in [6.45, 7) is 0. The lowest BCUT2D eigenvalue weighted by molar-refractivity contribution is 0.430. The van der Waals surface area contributed by atoms with Crippen molar-refractivity contribution in [1.82, 2.24) is 10.1 Å². The molecule has 0 fully saturated rings. The molecule has 1 heterocycles. The van der Waals surface area contributed by atoms with Crippen molar-refractivity contribution in [2.24, 2.45) is 0 Å². The van der Waals surface area contributed by atoms with E-state index in [-0.39, 0.29) is 23.1 Å². The van der Waals surface area contributed by atoms with E-state index in [2.05, 4.69) is 14.7 Å². The van der Waals surface area contributed by atoms with Gasteiger partial charge in [0.15, 0.2) is 0 Å². The van der Waals surface area contributed by atoms with Crippen molar-refractivity contribution < 1.29 is 13.3 Å². The van der Waals surface area contributed by atoms with Crippen LogP contribution in [0, 0.1) is 11.6 Å². The van der Waals surface area contributed by atoms with Crippen LogP contribution in [0.15, 0.2) is 16.7 Å². The number of anilines is 2. The molecule has 0 aliphatic rings. The van der Waals surface area contributed by atoms with Crippen LogP contribution >= 0.6 is 0 Å². The van der Waals surface area contributed by atoms with Crippen LogP contribution in [0.2, 0.25) is 0 Å². The van der Waals surface area contributed by atoms with Crippen LogP contribution in [0.4, 0.5) is 20.4 Å². The number of aromatic nitrogens is 2. The van der Waals surface area contributed by atoms with Crippen molar-refractivity contribution in [2.45, 2.75) is 0 Å². The average molecular weight is 212 g/mol. The average Bonchev–Trinajstić information content (AvgIpc) is 2.58. The largest absolute Gasteiger partial charge is 0.396 e.